The second kappa shape index (κ2) is 6.04. The fraction of sp³-hybridized carbons (Fsp3) is 0.143. The average molecular weight is 298 g/mol. The van der Waals surface area contributed by atoms with Gasteiger partial charge in [-0.3, -0.25) is 0 Å². The molecule has 0 aromatic heterocycles. The minimum Gasteiger partial charge on any atom is -0.504 e. The van der Waals surface area contributed by atoms with Gasteiger partial charge < -0.3 is 15.2 Å². The van der Waals surface area contributed by atoms with Crippen LogP contribution < -0.4 is 10.1 Å². The van der Waals surface area contributed by atoms with Crippen molar-refractivity contribution in [1.82, 2.24) is 0 Å². The monoisotopic (exact) mass is 297 g/mol. The zero-order valence-electron chi connectivity index (χ0n) is 10.3. The summed E-state index contributed by atoms with van der Waals surface area (Å²) in [6.07, 6.45) is 0. The zero-order chi connectivity index (χ0) is 13.8. The van der Waals surface area contributed by atoms with E-state index < -0.39 is 0 Å². The van der Waals surface area contributed by atoms with Crippen LogP contribution >= 0.6 is 23.2 Å². The molecule has 0 heterocycles. The molecule has 0 radical (unpaired) electrons. The Morgan fingerprint density at radius 1 is 1.16 bits per heavy atom. The van der Waals surface area contributed by atoms with E-state index in [9.17, 15) is 5.11 Å². The number of benzene rings is 2. The molecule has 2 rings (SSSR count). The summed E-state index contributed by atoms with van der Waals surface area (Å²) in [6.45, 7) is 0.459. The van der Waals surface area contributed by atoms with Crippen LogP contribution in [0.1, 0.15) is 5.56 Å². The first-order chi connectivity index (χ1) is 9.11. The Morgan fingerprint density at radius 3 is 2.63 bits per heavy atom. The van der Waals surface area contributed by atoms with Crippen molar-refractivity contribution >= 4 is 28.9 Å². The lowest BCUT2D eigenvalue weighted by atomic mass is 10.2. The van der Waals surface area contributed by atoms with Crippen molar-refractivity contribution in [1.29, 1.82) is 0 Å². The van der Waals surface area contributed by atoms with E-state index in [4.69, 9.17) is 27.9 Å². The van der Waals surface area contributed by atoms with Gasteiger partial charge >= 0.3 is 0 Å². The highest BCUT2D eigenvalue weighted by atomic mass is 35.5. The van der Waals surface area contributed by atoms with Crippen molar-refractivity contribution < 1.29 is 9.84 Å². The third-order valence-corrected chi connectivity index (χ3v) is 3.44. The summed E-state index contributed by atoms with van der Waals surface area (Å²) in [4.78, 5) is 0. The van der Waals surface area contributed by atoms with E-state index in [0.717, 1.165) is 11.3 Å². The highest BCUT2D eigenvalue weighted by molar-refractivity contribution is 6.42. The molecule has 0 atom stereocenters. The molecule has 0 amide bonds. The van der Waals surface area contributed by atoms with Gasteiger partial charge in [-0.2, -0.15) is 0 Å². The average Bonchev–Trinajstić information content (AvgIpc) is 2.41. The van der Waals surface area contributed by atoms with Crippen LogP contribution in [-0.2, 0) is 6.54 Å². The molecule has 0 saturated carbocycles. The van der Waals surface area contributed by atoms with Gasteiger partial charge in [-0.25, -0.2) is 0 Å². The molecule has 0 unspecified atom stereocenters. The first-order valence-corrected chi connectivity index (χ1v) is 6.41. The van der Waals surface area contributed by atoms with Gasteiger partial charge in [-0.1, -0.05) is 35.3 Å². The Bertz CT molecular complexity index is 588. The summed E-state index contributed by atoms with van der Waals surface area (Å²) in [5.74, 6) is 0.589. The molecule has 2 aromatic rings. The SMILES string of the molecule is COc1cccc(CNc2ccc(Cl)c(Cl)c2)c1O. The lowest BCUT2D eigenvalue weighted by Crippen LogP contribution is -2.00. The number of phenolic OH excluding ortho intramolecular Hbond substituents is 1. The van der Waals surface area contributed by atoms with Crippen LogP contribution in [0.5, 0.6) is 11.5 Å². The fourth-order valence-corrected chi connectivity index (χ4v) is 1.98. The molecule has 0 saturated heterocycles. The molecular formula is C14H13Cl2NO2. The molecule has 3 nitrogen and oxygen atoms in total. The molecule has 19 heavy (non-hydrogen) atoms. The zero-order valence-corrected chi connectivity index (χ0v) is 11.8. The Morgan fingerprint density at radius 2 is 1.95 bits per heavy atom. The van der Waals surface area contributed by atoms with Crippen molar-refractivity contribution in [3.05, 3.63) is 52.0 Å². The third-order valence-electron chi connectivity index (χ3n) is 2.71. The topological polar surface area (TPSA) is 41.5 Å². The van der Waals surface area contributed by atoms with E-state index in [1.165, 1.54) is 7.11 Å². The van der Waals surface area contributed by atoms with E-state index in [1.54, 1.807) is 18.2 Å². The first kappa shape index (κ1) is 13.8. The Kier molecular flexibility index (Phi) is 4.40. The van der Waals surface area contributed by atoms with E-state index in [-0.39, 0.29) is 5.75 Å². The van der Waals surface area contributed by atoms with Crippen molar-refractivity contribution in [3.63, 3.8) is 0 Å². The maximum absolute atomic E-state index is 9.95. The predicted octanol–water partition coefficient (Wildman–Crippen LogP) is 4.32. The maximum atomic E-state index is 9.95. The maximum Gasteiger partial charge on any atom is 0.162 e. The summed E-state index contributed by atoms with van der Waals surface area (Å²) in [5.41, 5.74) is 1.57. The number of aromatic hydroxyl groups is 1. The van der Waals surface area contributed by atoms with Crippen LogP contribution in [0.2, 0.25) is 10.0 Å². The Hall–Kier alpha value is -1.58. The molecule has 0 fully saturated rings. The van der Waals surface area contributed by atoms with Crippen LogP contribution in [0.25, 0.3) is 0 Å². The van der Waals surface area contributed by atoms with E-state index in [0.29, 0.717) is 22.3 Å². The number of anilines is 1. The van der Waals surface area contributed by atoms with Crippen molar-refractivity contribution in [2.45, 2.75) is 6.54 Å². The number of phenols is 1. The highest BCUT2D eigenvalue weighted by Crippen LogP contribution is 2.30. The molecule has 0 aliphatic heterocycles. The van der Waals surface area contributed by atoms with Gasteiger partial charge in [0.25, 0.3) is 0 Å². The number of para-hydroxylation sites is 1. The largest absolute Gasteiger partial charge is 0.504 e. The van der Waals surface area contributed by atoms with Crippen LogP contribution in [0.15, 0.2) is 36.4 Å². The smallest absolute Gasteiger partial charge is 0.162 e. The molecule has 0 aliphatic rings. The lowest BCUT2D eigenvalue weighted by Gasteiger charge is -2.11. The van der Waals surface area contributed by atoms with Gasteiger partial charge in [0.15, 0.2) is 11.5 Å². The van der Waals surface area contributed by atoms with Crippen LogP contribution in [0.4, 0.5) is 5.69 Å². The molecule has 100 valence electrons. The van der Waals surface area contributed by atoms with Gasteiger partial charge in [-0.15, -0.1) is 0 Å². The minimum absolute atomic E-state index is 0.137. The number of nitrogens with one attached hydrogen (secondary N) is 1. The normalized spacial score (nSPS) is 10.3. The number of hydrogen-bond donors (Lipinski definition) is 2. The summed E-state index contributed by atoms with van der Waals surface area (Å²) in [6, 6.07) is 10.6. The van der Waals surface area contributed by atoms with E-state index in [1.807, 2.05) is 18.2 Å². The molecule has 0 aliphatic carbocycles. The van der Waals surface area contributed by atoms with Crippen LogP contribution in [0, 0.1) is 0 Å². The summed E-state index contributed by atoms with van der Waals surface area (Å²) in [5, 5.41) is 14.1. The van der Waals surface area contributed by atoms with Gasteiger partial charge in [0.2, 0.25) is 0 Å². The number of methoxy groups -OCH3 is 1. The standard InChI is InChI=1S/C14H13Cl2NO2/c1-19-13-4-2-3-9(14(13)18)8-17-10-5-6-11(15)12(16)7-10/h2-7,17-18H,8H2,1H3. The Balaban J connectivity index is 2.12. The first-order valence-electron chi connectivity index (χ1n) is 5.65. The molecule has 0 spiro atoms. The third kappa shape index (κ3) is 3.25. The predicted molar refractivity (Wildman–Crippen MR) is 78.4 cm³/mol. The quantitative estimate of drug-likeness (QED) is 0.883. The Labute approximate surface area is 121 Å². The lowest BCUT2D eigenvalue weighted by molar-refractivity contribution is 0.371. The summed E-state index contributed by atoms with van der Waals surface area (Å²) >= 11 is 11.8. The number of hydrogen-bond acceptors (Lipinski definition) is 3. The second-order valence-electron chi connectivity index (χ2n) is 3.95. The summed E-state index contributed by atoms with van der Waals surface area (Å²) < 4.78 is 5.06. The van der Waals surface area contributed by atoms with Crippen LogP contribution in [-0.4, -0.2) is 12.2 Å². The molecular weight excluding hydrogens is 285 g/mol. The fourth-order valence-electron chi connectivity index (χ4n) is 1.68. The molecule has 0 bridgehead atoms. The van der Waals surface area contributed by atoms with Gasteiger partial charge in [-0.05, 0) is 24.3 Å². The summed E-state index contributed by atoms with van der Waals surface area (Å²) in [7, 11) is 1.52. The van der Waals surface area contributed by atoms with E-state index >= 15 is 0 Å². The van der Waals surface area contributed by atoms with E-state index in [2.05, 4.69) is 5.32 Å². The number of rotatable bonds is 4. The van der Waals surface area contributed by atoms with Gasteiger partial charge in [0.1, 0.15) is 0 Å². The highest BCUT2D eigenvalue weighted by Gasteiger charge is 2.07. The van der Waals surface area contributed by atoms with Gasteiger partial charge in [0.05, 0.1) is 17.2 Å². The van der Waals surface area contributed by atoms with Crippen molar-refractivity contribution in [3.8, 4) is 11.5 Å². The van der Waals surface area contributed by atoms with Crippen LogP contribution in [0.3, 0.4) is 0 Å². The van der Waals surface area contributed by atoms with Gasteiger partial charge in [0, 0.05) is 17.8 Å². The molecule has 5 heteroatoms. The van der Waals surface area contributed by atoms with Crippen molar-refractivity contribution in [2.24, 2.45) is 0 Å². The van der Waals surface area contributed by atoms with Crippen molar-refractivity contribution in [2.75, 3.05) is 12.4 Å². The second-order valence-corrected chi connectivity index (χ2v) is 4.76. The number of halogens is 2. The number of ether oxygens (including phenoxy) is 1. The molecule has 2 N–H and O–H groups in total. The minimum atomic E-state index is 0.137. The molecule has 2 aromatic carbocycles.